The molecule has 1 aliphatic heterocycles. The molecule has 0 amide bonds. The van der Waals surface area contributed by atoms with Crippen LogP contribution in [0.4, 0.5) is 0 Å². The first-order valence-corrected chi connectivity index (χ1v) is 9.85. The van der Waals surface area contributed by atoms with Gasteiger partial charge in [0.2, 0.25) is 0 Å². The van der Waals surface area contributed by atoms with E-state index in [-0.39, 0.29) is 18.3 Å². The van der Waals surface area contributed by atoms with Gasteiger partial charge in [0.25, 0.3) is 0 Å². The van der Waals surface area contributed by atoms with Gasteiger partial charge in [0, 0.05) is 5.02 Å². The largest absolute Gasteiger partial charge is 0.453 e. The molecule has 0 radical (unpaired) electrons. The van der Waals surface area contributed by atoms with Crippen LogP contribution in [0.3, 0.4) is 0 Å². The maximum Gasteiger partial charge on any atom is 0.320 e. The Bertz CT molecular complexity index is 660. The third-order valence-corrected chi connectivity index (χ3v) is 5.90. The van der Waals surface area contributed by atoms with E-state index in [1.165, 1.54) is 6.42 Å². The lowest BCUT2D eigenvalue weighted by Gasteiger charge is -2.39. The molecule has 1 saturated heterocycles. The number of carbonyl (C=O) groups is 2. The number of ketones is 1. The molecule has 1 aliphatic carbocycles. The Kier molecular flexibility index (Phi) is 6.33. The van der Waals surface area contributed by atoms with Crippen molar-refractivity contribution in [1.82, 2.24) is 10.2 Å². The van der Waals surface area contributed by atoms with Crippen molar-refractivity contribution in [3.8, 4) is 0 Å². The number of piperidine rings is 1. The smallest absolute Gasteiger partial charge is 0.320 e. The zero-order valence-corrected chi connectivity index (χ0v) is 16.1. The topological polar surface area (TPSA) is 58.6 Å². The molecule has 0 spiro atoms. The van der Waals surface area contributed by atoms with Crippen LogP contribution < -0.4 is 5.32 Å². The van der Waals surface area contributed by atoms with Gasteiger partial charge in [-0.25, -0.2) is 0 Å². The summed E-state index contributed by atoms with van der Waals surface area (Å²) in [6.07, 6.45) is 4.74. The number of nitrogens with one attached hydrogen (secondary N) is 1. The third kappa shape index (κ3) is 3.95. The maximum absolute atomic E-state index is 13.2. The monoisotopic (exact) mass is 378 g/mol. The SMILES string of the molecule is CN[C@@]1(c2ccccc2Cl)CCC[C@@H](OC(=O)CN2CCCCC2)C1=O. The van der Waals surface area contributed by atoms with Crippen molar-refractivity contribution in [2.45, 2.75) is 50.2 Å². The number of rotatable bonds is 5. The number of benzene rings is 1. The fourth-order valence-electron chi connectivity index (χ4n) is 4.15. The number of ether oxygens (including phenoxy) is 1. The summed E-state index contributed by atoms with van der Waals surface area (Å²) in [5.41, 5.74) is -0.141. The van der Waals surface area contributed by atoms with Crippen molar-refractivity contribution in [1.29, 1.82) is 0 Å². The number of hydrogen-bond donors (Lipinski definition) is 1. The number of carbonyl (C=O) groups excluding carboxylic acids is 2. The number of halogens is 1. The van der Waals surface area contributed by atoms with E-state index in [0.29, 0.717) is 17.9 Å². The molecule has 26 heavy (non-hydrogen) atoms. The van der Waals surface area contributed by atoms with Gasteiger partial charge in [-0.2, -0.15) is 0 Å². The van der Waals surface area contributed by atoms with Gasteiger partial charge < -0.3 is 10.1 Å². The number of esters is 1. The normalized spacial score (nSPS) is 27.3. The lowest BCUT2D eigenvalue weighted by molar-refractivity contribution is -0.161. The first-order chi connectivity index (χ1) is 12.6. The van der Waals surface area contributed by atoms with Gasteiger partial charge in [0.15, 0.2) is 11.9 Å². The summed E-state index contributed by atoms with van der Waals surface area (Å²) < 4.78 is 5.61. The predicted octanol–water partition coefficient (Wildman–Crippen LogP) is 2.91. The van der Waals surface area contributed by atoms with E-state index in [1.54, 1.807) is 13.1 Å². The van der Waals surface area contributed by atoms with Gasteiger partial charge in [-0.3, -0.25) is 14.5 Å². The van der Waals surface area contributed by atoms with Crippen LogP contribution in [0.5, 0.6) is 0 Å². The van der Waals surface area contributed by atoms with Crippen LogP contribution in [0.1, 0.15) is 44.1 Å². The molecule has 0 aromatic heterocycles. The average Bonchev–Trinajstić information content (AvgIpc) is 2.65. The number of likely N-dealkylation sites (tertiary alicyclic amines) is 1. The summed E-state index contributed by atoms with van der Waals surface area (Å²) in [5, 5.41) is 3.72. The van der Waals surface area contributed by atoms with Crippen LogP contribution in [0.15, 0.2) is 24.3 Å². The molecule has 1 heterocycles. The highest BCUT2D eigenvalue weighted by Gasteiger charge is 2.47. The van der Waals surface area contributed by atoms with Gasteiger partial charge in [-0.05, 0) is 63.9 Å². The van der Waals surface area contributed by atoms with Crippen LogP contribution in [0.2, 0.25) is 5.02 Å². The second-order valence-electron chi connectivity index (χ2n) is 7.21. The molecule has 1 aromatic rings. The molecular formula is C20H27ClN2O3. The summed E-state index contributed by atoms with van der Waals surface area (Å²) in [6.45, 7) is 2.12. The van der Waals surface area contributed by atoms with E-state index in [0.717, 1.165) is 37.9 Å². The van der Waals surface area contributed by atoms with Gasteiger partial charge in [0.05, 0.1) is 6.54 Å². The molecule has 0 bridgehead atoms. The van der Waals surface area contributed by atoms with Crippen molar-refractivity contribution >= 4 is 23.4 Å². The molecule has 1 aromatic carbocycles. The molecule has 2 atom stereocenters. The lowest BCUT2D eigenvalue weighted by atomic mass is 9.74. The van der Waals surface area contributed by atoms with Gasteiger partial charge in [-0.15, -0.1) is 0 Å². The van der Waals surface area contributed by atoms with Crippen molar-refractivity contribution in [2.75, 3.05) is 26.7 Å². The first-order valence-electron chi connectivity index (χ1n) is 9.47. The van der Waals surface area contributed by atoms with Crippen molar-refractivity contribution in [2.24, 2.45) is 0 Å². The highest BCUT2D eigenvalue weighted by Crippen LogP contribution is 2.38. The first kappa shape index (κ1) is 19.3. The number of nitrogens with zero attached hydrogens (tertiary/aromatic N) is 1. The molecule has 142 valence electrons. The Morgan fingerprint density at radius 2 is 2.00 bits per heavy atom. The Morgan fingerprint density at radius 3 is 2.69 bits per heavy atom. The zero-order valence-electron chi connectivity index (χ0n) is 15.3. The fourth-order valence-corrected chi connectivity index (χ4v) is 4.44. The number of Topliss-reactive ketones (excluding diaryl/α,β-unsaturated/α-hetero) is 1. The van der Waals surface area contributed by atoms with Gasteiger partial charge in [-0.1, -0.05) is 36.2 Å². The predicted molar refractivity (Wildman–Crippen MR) is 101 cm³/mol. The summed E-state index contributed by atoms with van der Waals surface area (Å²) >= 11 is 6.37. The molecule has 2 aliphatic rings. The van der Waals surface area contributed by atoms with Crippen LogP contribution in [-0.2, 0) is 19.9 Å². The van der Waals surface area contributed by atoms with E-state index in [2.05, 4.69) is 10.2 Å². The lowest BCUT2D eigenvalue weighted by Crippen LogP contribution is -2.55. The quantitative estimate of drug-likeness (QED) is 0.798. The highest BCUT2D eigenvalue weighted by atomic mass is 35.5. The molecule has 2 fully saturated rings. The van der Waals surface area contributed by atoms with E-state index < -0.39 is 11.6 Å². The summed E-state index contributed by atoms with van der Waals surface area (Å²) in [4.78, 5) is 27.7. The molecule has 3 rings (SSSR count). The third-order valence-electron chi connectivity index (χ3n) is 5.57. The molecule has 1 saturated carbocycles. The second kappa shape index (κ2) is 8.51. The summed E-state index contributed by atoms with van der Waals surface area (Å²) in [5.74, 6) is -0.414. The highest BCUT2D eigenvalue weighted by molar-refractivity contribution is 6.31. The Morgan fingerprint density at radius 1 is 1.27 bits per heavy atom. The second-order valence-corrected chi connectivity index (χ2v) is 7.61. The number of likely N-dealkylation sites (N-methyl/N-ethyl adjacent to an activating group) is 1. The Balaban J connectivity index is 1.72. The molecule has 5 nitrogen and oxygen atoms in total. The van der Waals surface area contributed by atoms with E-state index in [4.69, 9.17) is 16.3 Å². The number of hydrogen-bond acceptors (Lipinski definition) is 5. The van der Waals surface area contributed by atoms with Crippen molar-refractivity contribution < 1.29 is 14.3 Å². The molecule has 1 N–H and O–H groups in total. The zero-order chi connectivity index (χ0) is 18.6. The van der Waals surface area contributed by atoms with E-state index in [9.17, 15) is 9.59 Å². The molecule has 0 unspecified atom stereocenters. The van der Waals surface area contributed by atoms with Crippen molar-refractivity contribution in [3.63, 3.8) is 0 Å². The van der Waals surface area contributed by atoms with Gasteiger partial charge >= 0.3 is 5.97 Å². The fraction of sp³-hybridized carbons (Fsp3) is 0.600. The van der Waals surface area contributed by atoms with E-state index >= 15 is 0 Å². The average molecular weight is 379 g/mol. The van der Waals surface area contributed by atoms with Crippen LogP contribution in [0, 0.1) is 0 Å². The van der Waals surface area contributed by atoms with Crippen LogP contribution >= 0.6 is 11.6 Å². The minimum absolute atomic E-state index is 0.105. The summed E-state index contributed by atoms with van der Waals surface area (Å²) in [6, 6.07) is 7.38. The van der Waals surface area contributed by atoms with Crippen molar-refractivity contribution in [3.05, 3.63) is 34.9 Å². The van der Waals surface area contributed by atoms with Crippen LogP contribution in [0.25, 0.3) is 0 Å². The Labute approximate surface area is 160 Å². The van der Waals surface area contributed by atoms with Crippen LogP contribution in [-0.4, -0.2) is 49.4 Å². The molecular weight excluding hydrogens is 352 g/mol. The summed E-state index contributed by atoms with van der Waals surface area (Å²) in [7, 11) is 1.76. The molecule has 6 heteroatoms. The standard InChI is InChI=1S/C20H27ClN2O3/c1-22-20(15-8-3-4-9-16(15)21)11-7-10-17(19(20)25)26-18(24)14-23-12-5-2-6-13-23/h3-4,8-9,17,22H,2,5-7,10-14H2,1H3/t17-,20-/m1/s1. The maximum atomic E-state index is 13.2. The Hall–Kier alpha value is -1.43. The minimum Gasteiger partial charge on any atom is -0.453 e. The van der Waals surface area contributed by atoms with Gasteiger partial charge in [0.1, 0.15) is 5.54 Å². The minimum atomic E-state index is -0.896. The van der Waals surface area contributed by atoms with E-state index in [1.807, 2.05) is 18.2 Å².